The molecule has 1 aliphatic carbocycles. The van der Waals surface area contributed by atoms with Crippen molar-refractivity contribution in [3.8, 4) is 11.5 Å². The van der Waals surface area contributed by atoms with Crippen LogP contribution in [0.5, 0.6) is 11.5 Å². The molecule has 0 bridgehead atoms. The van der Waals surface area contributed by atoms with Gasteiger partial charge in [0.2, 0.25) is 0 Å². The maximum Gasteiger partial charge on any atom is 0.263 e. The molecule has 0 unspecified atom stereocenters. The molecule has 8 nitrogen and oxygen atoms in total. The zero-order valence-electron chi connectivity index (χ0n) is 20.1. The van der Waals surface area contributed by atoms with Crippen LogP contribution in [0, 0.1) is 5.92 Å². The Balaban J connectivity index is 1.49. The predicted molar refractivity (Wildman–Crippen MR) is 134 cm³/mol. The van der Waals surface area contributed by atoms with Gasteiger partial charge in [0.05, 0.1) is 31.1 Å². The fourth-order valence-electron chi connectivity index (χ4n) is 4.13. The lowest BCUT2D eigenvalue weighted by atomic mass is 9.89. The third-order valence-electron chi connectivity index (χ3n) is 5.98. The van der Waals surface area contributed by atoms with Crippen molar-refractivity contribution in [3.63, 3.8) is 0 Å². The molecule has 2 atom stereocenters. The minimum atomic E-state index is -0.754. The second-order valence-electron chi connectivity index (χ2n) is 8.98. The number of hydrazone groups is 1. The third-order valence-corrected chi connectivity index (χ3v) is 7.14. The van der Waals surface area contributed by atoms with E-state index in [4.69, 9.17) is 9.47 Å². The number of methoxy groups -OCH3 is 1. The Morgan fingerprint density at radius 2 is 2.12 bits per heavy atom. The summed E-state index contributed by atoms with van der Waals surface area (Å²) in [6.45, 7) is 7.78. The Morgan fingerprint density at radius 1 is 1.32 bits per heavy atom. The number of carbonyl (C=O) groups excluding carboxylic acids is 1. The van der Waals surface area contributed by atoms with Crippen molar-refractivity contribution in [2.45, 2.75) is 59.1 Å². The first-order chi connectivity index (χ1) is 16.3. The SMILES string of the molecule is COc1cc(/C=N\NC(=O)[C@H](C)n2cnc3sc4c(c3c2=O)CC[C@@H](C)C4)ccc1OC(C)C. The van der Waals surface area contributed by atoms with E-state index in [2.05, 4.69) is 22.4 Å². The Kier molecular flexibility index (Phi) is 7.02. The number of rotatable bonds is 7. The van der Waals surface area contributed by atoms with E-state index < -0.39 is 11.9 Å². The molecule has 2 aromatic heterocycles. The van der Waals surface area contributed by atoms with Crippen LogP contribution in [0.2, 0.25) is 0 Å². The summed E-state index contributed by atoms with van der Waals surface area (Å²) in [7, 11) is 1.57. The Labute approximate surface area is 202 Å². The summed E-state index contributed by atoms with van der Waals surface area (Å²) in [5, 5.41) is 4.72. The summed E-state index contributed by atoms with van der Waals surface area (Å²) >= 11 is 1.60. The van der Waals surface area contributed by atoms with Crippen molar-refractivity contribution in [1.29, 1.82) is 0 Å². The molecule has 0 saturated heterocycles. The van der Waals surface area contributed by atoms with Gasteiger partial charge in [-0.2, -0.15) is 5.10 Å². The van der Waals surface area contributed by atoms with E-state index in [1.165, 1.54) is 22.0 Å². The molecule has 2 heterocycles. The first-order valence-electron chi connectivity index (χ1n) is 11.5. The van der Waals surface area contributed by atoms with Gasteiger partial charge in [-0.25, -0.2) is 10.4 Å². The minimum absolute atomic E-state index is 0.0226. The van der Waals surface area contributed by atoms with Gasteiger partial charge in [-0.15, -0.1) is 11.3 Å². The number of nitrogens with zero attached hydrogens (tertiary/aromatic N) is 3. The first-order valence-corrected chi connectivity index (χ1v) is 12.3. The Hall–Kier alpha value is -3.20. The van der Waals surface area contributed by atoms with Gasteiger partial charge in [-0.05, 0) is 75.3 Å². The fourth-order valence-corrected chi connectivity index (χ4v) is 5.47. The van der Waals surface area contributed by atoms with Crippen LogP contribution in [-0.2, 0) is 17.6 Å². The number of nitrogens with one attached hydrogen (secondary N) is 1. The largest absolute Gasteiger partial charge is 0.493 e. The fraction of sp³-hybridized carbons (Fsp3) is 0.440. The highest BCUT2D eigenvalue weighted by Crippen LogP contribution is 2.35. The lowest BCUT2D eigenvalue weighted by Crippen LogP contribution is -2.34. The van der Waals surface area contributed by atoms with Gasteiger partial charge in [0.15, 0.2) is 11.5 Å². The highest BCUT2D eigenvalue weighted by Gasteiger charge is 2.25. The number of ether oxygens (including phenoxy) is 2. The topological polar surface area (TPSA) is 94.8 Å². The third kappa shape index (κ3) is 4.84. The molecule has 0 radical (unpaired) electrons. The normalized spacial score (nSPS) is 16.6. The molecular formula is C25H30N4O4S. The smallest absolute Gasteiger partial charge is 0.263 e. The van der Waals surface area contributed by atoms with E-state index in [0.717, 1.165) is 35.2 Å². The summed E-state index contributed by atoms with van der Waals surface area (Å²) < 4.78 is 12.5. The van der Waals surface area contributed by atoms with Gasteiger partial charge < -0.3 is 9.47 Å². The summed E-state index contributed by atoms with van der Waals surface area (Å²) in [4.78, 5) is 32.5. The van der Waals surface area contributed by atoms with Crippen LogP contribution in [0.25, 0.3) is 10.2 Å². The van der Waals surface area contributed by atoms with Crippen molar-refractivity contribution in [1.82, 2.24) is 15.0 Å². The number of amides is 1. The van der Waals surface area contributed by atoms with Crippen LogP contribution < -0.4 is 20.5 Å². The van der Waals surface area contributed by atoms with E-state index in [1.807, 2.05) is 19.9 Å². The molecule has 1 aliphatic rings. The van der Waals surface area contributed by atoms with Crippen LogP contribution in [0.1, 0.15) is 56.2 Å². The van der Waals surface area contributed by atoms with Crippen molar-refractivity contribution >= 4 is 33.7 Å². The quantitative estimate of drug-likeness (QED) is 0.404. The highest BCUT2D eigenvalue weighted by molar-refractivity contribution is 7.18. The molecule has 0 aliphatic heterocycles. The van der Waals surface area contributed by atoms with Crippen LogP contribution in [-0.4, -0.2) is 34.9 Å². The van der Waals surface area contributed by atoms with Crippen molar-refractivity contribution in [2.24, 2.45) is 11.0 Å². The maximum atomic E-state index is 13.2. The number of aromatic nitrogens is 2. The Morgan fingerprint density at radius 3 is 2.85 bits per heavy atom. The second-order valence-corrected chi connectivity index (χ2v) is 10.1. The standard InChI is InChI=1S/C25H30N4O4S/c1-14(2)33-19-9-7-17(11-20(19)32-5)12-27-28-23(30)16(4)29-13-26-24-22(25(29)31)18-8-6-15(3)10-21(18)34-24/h7,9,11-16H,6,8,10H2,1-5H3,(H,28,30)/b27-12-/t15-,16+/m1/s1. The van der Waals surface area contributed by atoms with Crippen LogP contribution in [0.3, 0.4) is 0 Å². The highest BCUT2D eigenvalue weighted by atomic mass is 32.1. The van der Waals surface area contributed by atoms with E-state index in [-0.39, 0.29) is 11.7 Å². The number of fused-ring (bicyclic) bond motifs is 3. The molecule has 1 N–H and O–H groups in total. The molecule has 0 spiro atoms. The molecule has 180 valence electrons. The van der Waals surface area contributed by atoms with E-state index in [0.29, 0.717) is 22.8 Å². The maximum absolute atomic E-state index is 13.2. The van der Waals surface area contributed by atoms with E-state index in [1.54, 1.807) is 37.5 Å². The van der Waals surface area contributed by atoms with Crippen molar-refractivity contribution in [3.05, 3.63) is 50.9 Å². The summed E-state index contributed by atoms with van der Waals surface area (Å²) in [5.41, 5.74) is 4.19. The summed E-state index contributed by atoms with van der Waals surface area (Å²) in [6.07, 6.45) is 5.93. The number of hydrogen-bond donors (Lipinski definition) is 1. The van der Waals surface area contributed by atoms with Gasteiger partial charge in [-0.3, -0.25) is 14.2 Å². The van der Waals surface area contributed by atoms with Gasteiger partial charge in [0, 0.05) is 4.88 Å². The molecule has 3 aromatic rings. The second kappa shape index (κ2) is 9.97. The zero-order valence-corrected chi connectivity index (χ0v) is 20.9. The number of aryl methyl sites for hydroxylation is 1. The van der Waals surface area contributed by atoms with Gasteiger partial charge in [0.1, 0.15) is 10.9 Å². The monoisotopic (exact) mass is 482 g/mol. The number of carbonyl (C=O) groups is 1. The zero-order chi connectivity index (χ0) is 24.4. The molecule has 0 fully saturated rings. The van der Waals surface area contributed by atoms with Crippen molar-refractivity contribution in [2.75, 3.05) is 7.11 Å². The van der Waals surface area contributed by atoms with Gasteiger partial charge in [0.25, 0.3) is 11.5 Å². The number of hydrogen-bond acceptors (Lipinski definition) is 7. The average molecular weight is 483 g/mol. The minimum Gasteiger partial charge on any atom is -0.493 e. The molecule has 1 aromatic carbocycles. The van der Waals surface area contributed by atoms with Crippen LogP contribution >= 0.6 is 11.3 Å². The van der Waals surface area contributed by atoms with Crippen molar-refractivity contribution < 1.29 is 14.3 Å². The molecule has 9 heteroatoms. The van der Waals surface area contributed by atoms with Gasteiger partial charge >= 0.3 is 0 Å². The molecule has 4 rings (SSSR count). The molecule has 34 heavy (non-hydrogen) atoms. The van der Waals surface area contributed by atoms with Crippen LogP contribution in [0.15, 0.2) is 34.4 Å². The molecule has 1 amide bonds. The average Bonchev–Trinajstić information content (AvgIpc) is 3.17. The molecular weight excluding hydrogens is 452 g/mol. The lowest BCUT2D eigenvalue weighted by molar-refractivity contribution is -0.123. The van der Waals surface area contributed by atoms with E-state index >= 15 is 0 Å². The number of benzene rings is 1. The first kappa shape index (κ1) is 23.9. The molecule has 0 saturated carbocycles. The van der Waals surface area contributed by atoms with E-state index in [9.17, 15) is 9.59 Å². The number of thiophene rings is 1. The van der Waals surface area contributed by atoms with Gasteiger partial charge in [-0.1, -0.05) is 6.92 Å². The summed E-state index contributed by atoms with van der Waals surface area (Å²) in [5.74, 6) is 1.43. The summed E-state index contributed by atoms with van der Waals surface area (Å²) in [6, 6.07) is 4.64. The lowest BCUT2D eigenvalue weighted by Gasteiger charge is -2.18. The Bertz CT molecular complexity index is 1290. The van der Waals surface area contributed by atoms with Crippen LogP contribution in [0.4, 0.5) is 0 Å². The predicted octanol–water partition coefficient (Wildman–Crippen LogP) is 4.09.